The van der Waals surface area contributed by atoms with Gasteiger partial charge in [0.15, 0.2) is 11.5 Å². The van der Waals surface area contributed by atoms with E-state index < -0.39 is 0 Å². The van der Waals surface area contributed by atoms with Gasteiger partial charge in [0, 0.05) is 24.5 Å². The molecule has 0 fully saturated rings. The molecule has 1 heterocycles. The fourth-order valence-electron chi connectivity index (χ4n) is 1.70. The zero-order chi connectivity index (χ0) is 14.5. The van der Waals surface area contributed by atoms with Crippen molar-refractivity contribution in [3.8, 4) is 11.5 Å². The number of hydrogen-bond donors (Lipinski definition) is 1. The molecule has 1 aromatic carbocycles. The SMILES string of the molecule is COc1cc(CN)cc(Cl)c1OCc1ccncc1Cl. The van der Waals surface area contributed by atoms with Gasteiger partial charge in [-0.2, -0.15) is 0 Å². The van der Waals surface area contributed by atoms with Gasteiger partial charge in [0.1, 0.15) is 6.61 Å². The molecule has 1 aromatic heterocycles. The number of rotatable bonds is 5. The molecule has 0 saturated carbocycles. The summed E-state index contributed by atoms with van der Waals surface area (Å²) < 4.78 is 11.0. The Bertz CT molecular complexity index is 606. The predicted octanol–water partition coefficient (Wildman–Crippen LogP) is 3.43. The molecule has 0 bridgehead atoms. The number of methoxy groups -OCH3 is 1. The van der Waals surface area contributed by atoms with Crippen molar-refractivity contribution in [1.29, 1.82) is 0 Å². The molecule has 2 aromatic rings. The summed E-state index contributed by atoms with van der Waals surface area (Å²) in [5.41, 5.74) is 7.30. The lowest BCUT2D eigenvalue weighted by Crippen LogP contribution is -2.02. The molecule has 0 radical (unpaired) electrons. The number of pyridine rings is 1. The molecule has 0 amide bonds. The van der Waals surface area contributed by atoms with Gasteiger partial charge < -0.3 is 15.2 Å². The summed E-state index contributed by atoms with van der Waals surface area (Å²) in [5, 5.41) is 0.996. The summed E-state index contributed by atoms with van der Waals surface area (Å²) in [7, 11) is 1.55. The average molecular weight is 313 g/mol. The minimum absolute atomic E-state index is 0.277. The Morgan fingerprint density at radius 3 is 2.70 bits per heavy atom. The van der Waals surface area contributed by atoms with Gasteiger partial charge >= 0.3 is 0 Å². The van der Waals surface area contributed by atoms with E-state index >= 15 is 0 Å². The fourth-order valence-corrected chi connectivity index (χ4v) is 2.16. The van der Waals surface area contributed by atoms with Gasteiger partial charge in [-0.15, -0.1) is 0 Å². The third kappa shape index (κ3) is 3.33. The molecule has 0 unspecified atom stereocenters. The van der Waals surface area contributed by atoms with Crippen molar-refractivity contribution in [1.82, 2.24) is 4.98 Å². The molecule has 0 aliphatic heterocycles. The number of halogens is 2. The van der Waals surface area contributed by atoms with Crippen molar-refractivity contribution in [2.75, 3.05) is 7.11 Å². The van der Waals surface area contributed by atoms with E-state index in [9.17, 15) is 0 Å². The number of nitrogens with two attached hydrogens (primary N) is 1. The van der Waals surface area contributed by atoms with Crippen molar-refractivity contribution >= 4 is 23.2 Å². The first-order valence-corrected chi connectivity index (χ1v) is 6.69. The Kier molecular flexibility index (Phi) is 5.06. The predicted molar refractivity (Wildman–Crippen MR) is 79.5 cm³/mol. The van der Waals surface area contributed by atoms with Gasteiger partial charge in [-0.3, -0.25) is 4.98 Å². The Hall–Kier alpha value is -1.49. The van der Waals surface area contributed by atoms with E-state index in [-0.39, 0.29) is 6.61 Å². The molecule has 106 valence electrons. The van der Waals surface area contributed by atoms with Crippen LogP contribution in [0.4, 0.5) is 0 Å². The molecule has 2 rings (SSSR count). The molecular formula is C14H14Cl2N2O2. The Balaban J connectivity index is 2.23. The van der Waals surface area contributed by atoms with Crippen LogP contribution in [0.2, 0.25) is 10.0 Å². The molecule has 0 saturated heterocycles. The minimum Gasteiger partial charge on any atom is -0.493 e. The highest BCUT2D eigenvalue weighted by Gasteiger charge is 2.12. The lowest BCUT2D eigenvalue weighted by molar-refractivity contribution is 0.284. The maximum atomic E-state index is 6.19. The van der Waals surface area contributed by atoms with Crippen LogP contribution in [0.1, 0.15) is 11.1 Å². The Morgan fingerprint density at radius 2 is 2.05 bits per heavy atom. The average Bonchev–Trinajstić information content (AvgIpc) is 2.46. The number of ether oxygens (including phenoxy) is 2. The van der Waals surface area contributed by atoms with E-state index in [2.05, 4.69) is 4.98 Å². The van der Waals surface area contributed by atoms with Crippen molar-refractivity contribution in [3.63, 3.8) is 0 Å². The third-order valence-corrected chi connectivity index (χ3v) is 3.37. The summed E-state index contributed by atoms with van der Waals surface area (Å²) in [5.74, 6) is 1.02. The number of hydrogen-bond acceptors (Lipinski definition) is 4. The van der Waals surface area contributed by atoms with E-state index in [0.29, 0.717) is 28.1 Å². The zero-order valence-electron chi connectivity index (χ0n) is 10.9. The maximum absolute atomic E-state index is 6.19. The fraction of sp³-hybridized carbons (Fsp3) is 0.214. The zero-order valence-corrected chi connectivity index (χ0v) is 12.4. The molecular weight excluding hydrogens is 299 g/mol. The van der Waals surface area contributed by atoms with Crippen molar-refractivity contribution in [3.05, 3.63) is 51.8 Å². The minimum atomic E-state index is 0.277. The third-order valence-electron chi connectivity index (χ3n) is 2.75. The lowest BCUT2D eigenvalue weighted by atomic mass is 10.2. The highest BCUT2D eigenvalue weighted by Crippen LogP contribution is 2.37. The molecule has 0 atom stereocenters. The van der Waals surface area contributed by atoms with Gasteiger partial charge in [-0.25, -0.2) is 0 Å². The number of nitrogens with zero attached hydrogens (tertiary/aromatic N) is 1. The topological polar surface area (TPSA) is 57.4 Å². The van der Waals surface area contributed by atoms with Gasteiger partial charge in [0.25, 0.3) is 0 Å². The van der Waals surface area contributed by atoms with E-state index in [1.165, 1.54) is 0 Å². The van der Waals surface area contributed by atoms with Crippen LogP contribution in [0.15, 0.2) is 30.6 Å². The summed E-state index contributed by atoms with van der Waals surface area (Å²) in [6.45, 7) is 0.659. The van der Waals surface area contributed by atoms with Crippen LogP contribution in [0.25, 0.3) is 0 Å². The number of aromatic nitrogens is 1. The molecule has 6 heteroatoms. The van der Waals surface area contributed by atoms with Crippen LogP contribution in [0, 0.1) is 0 Å². The second kappa shape index (κ2) is 6.79. The van der Waals surface area contributed by atoms with E-state index in [1.807, 2.05) is 0 Å². The van der Waals surface area contributed by atoms with Crippen LogP contribution in [0.5, 0.6) is 11.5 Å². The monoisotopic (exact) mass is 312 g/mol. The number of benzene rings is 1. The van der Waals surface area contributed by atoms with Crippen LogP contribution >= 0.6 is 23.2 Å². The second-order valence-electron chi connectivity index (χ2n) is 4.07. The quantitative estimate of drug-likeness (QED) is 0.919. The van der Waals surface area contributed by atoms with Crippen LogP contribution < -0.4 is 15.2 Å². The standard InChI is InChI=1S/C14H14Cl2N2O2/c1-19-13-5-9(6-17)4-11(15)14(13)20-8-10-2-3-18-7-12(10)16/h2-5,7H,6,8,17H2,1H3. The molecule has 0 spiro atoms. The highest BCUT2D eigenvalue weighted by molar-refractivity contribution is 6.32. The highest BCUT2D eigenvalue weighted by atomic mass is 35.5. The first kappa shape index (κ1) is 14.9. The molecule has 4 nitrogen and oxygen atoms in total. The summed E-state index contributed by atoms with van der Waals surface area (Å²) in [6.07, 6.45) is 3.22. The van der Waals surface area contributed by atoms with E-state index in [0.717, 1.165) is 11.1 Å². The summed E-state index contributed by atoms with van der Waals surface area (Å²) >= 11 is 12.2. The van der Waals surface area contributed by atoms with Gasteiger partial charge in [0.05, 0.1) is 17.2 Å². The van der Waals surface area contributed by atoms with Crippen LogP contribution in [-0.2, 0) is 13.2 Å². The second-order valence-corrected chi connectivity index (χ2v) is 4.88. The Labute approximate surface area is 127 Å². The van der Waals surface area contributed by atoms with Crippen LogP contribution in [0.3, 0.4) is 0 Å². The molecule has 20 heavy (non-hydrogen) atoms. The Morgan fingerprint density at radius 1 is 1.25 bits per heavy atom. The molecule has 0 aliphatic carbocycles. The maximum Gasteiger partial charge on any atom is 0.180 e. The lowest BCUT2D eigenvalue weighted by Gasteiger charge is -2.14. The smallest absolute Gasteiger partial charge is 0.180 e. The van der Waals surface area contributed by atoms with Gasteiger partial charge in [-0.05, 0) is 23.8 Å². The first-order valence-electron chi connectivity index (χ1n) is 5.93. The van der Waals surface area contributed by atoms with Gasteiger partial charge in [-0.1, -0.05) is 23.2 Å². The largest absolute Gasteiger partial charge is 0.493 e. The summed E-state index contributed by atoms with van der Waals surface area (Å²) in [4.78, 5) is 3.92. The normalized spacial score (nSPS) is 10.4. The van der Waals surface area contributed by atoms with Gasteiger partial charge in [0.2, 0.25) is 0 Å². The van der Waals surface area contributed by atoms with Crippen molar-refractivity contribution in [2.45, 2.75) is 13.2 Å². The summed E-state index contributed by atoms with van der Waals surface area (Å²) in [6, 6.07) is 5.35. The van der Waals surface area contributed by atoms with Crippen LogP contribution in [-0.4, -0.2) is 12.1 Å². The van der Waals surface area contributed by atoms with Crippen molar-refractivity contribution < 1.29 is 9.47 Å². The first-order chi connectivity index (χ1) is 9.65. The van der Waals surface area contributed by atoms with E-state index in [4.69, 9.17) is 38.4 Å². The van der Waals surface area contributed by atoms with Crippen molar-refractivity contribution in [2.24, 2.45) is 5.73 Å². The molecule has 2 N–H and O–H groups in total. The molecule has 0 aliphatic rings. The van der Waals surface area contributed by atoms with E-state index in [1.54, 1.807) is 37.7 Å².